The Balaban J connectivity index is 2.36. The van der Waals surface area contributed by atoms with Gasteiger partial charge in [0.1, 0.15) is 0 Å². The van der Waals surface area contributed by atoms with Gasteiger partial charge in [-0.05, 0) is 37.0 Å². The van der Waals surface area contributed by atoms with Gasteiger partial charge < -0.3 is 10.6 Å². The van der Waals surface area contributed by atoms with Crippen molar-refractivity contribution in [2.75, 3.05) is 17.2 Å². The highest BCUT2D eigenvalue weighted by Gasteiger charge is 2.35. The van der Waals surface area contributed by atoms with Crippen LogP contribution < -0.4 is 10.6 Å². The van der Waals surface area contributed by atoms with E-state index in [4.69, 9.17) is 5.73 Å². The predicted molar refractivity (Wildman–Crippen MR) is 71.1 cm³/mol. The van der Waals surface area contributed by atoms with E-state index < -0.39 is 11.7 Å². The summed E-state index contributed by atoms with van der Waals surface area (Å²) in [5.41, 5.74) is 5.10. The smallest absolute Gasteiger partial charge is 0.398 e. The van der Waals surface area contributed by atoms with Crippen LogP contribution in [0, 0.1) is 5.92 Å². The zero-order valence-electron chi connectivity index (χ0n) is 11.2. The normalized spacial score (nSPS) is 20.3. The van der Waals surface area contributed by atoms with Gasteiger partial charge in [0, 0.05) is 24.0 Å². The van der Waals surface area contributed by atoms with Gasteiger partial charge in [0.25, 0.3) is 0 Å². The van der Waals surface area contributed by atoms with Crippen LogP contribution in [0.5, 0.6) is 0 Å². The van der Waals surface area contributed by atoms with Crippen molar-refractivity contribution in [3.8, 4) is 0 Å². The summed E-state index contributed by atoms with van der Waals surface area (Å²) < 4.78 is 38.6. The molecule has 2 rings (SSSR count). The fraction of sp³-hybridized carbons (Fsp3) is 0.571. The minimum Gasteiger partial charge on any atom is -0.398 e. The number of nitrogens with two attached hydrogens (primary N) is 1. The molecule has 1 saturated heterocycles. The van der Waals surface area contributed by atoms with E-state index in [2.05, 4.69) is 18.7 Å². The molecule has 2 N–H and O–H groups in total. The fourth-order valence-corrected chi connectivity index (χ4v) is 2.77. The predicted octanol–water partition coefficient (Wildman–Crippen LogP) is 3.91. The second kappa shape index (κ2) is 4.94. The second-order valence-corrected chi connectivity index (χ2v) is 5.42. The van der Waals surface area contributed by atoms with Crippen LogP contribution in [0.4, 0.5) is 24.5 Å². The zero-order chi connectivity index (χ0) is 14.2. The van der Waals surface area contributed by atoms with Crippen molar-refractivity contribution < 1.29 is 13.2 Å². The minimum absolute atomic E-state index is 0.212. The Kier molecular flexibility index (Phi) is 3.65. The van der Waals surface area contributed by atoms with Gasteiger partial charge in [-0.1, -0.05) is 13.8 Å². The molecule has 1 aromatic carbocycles. The third-order valence-corrected chi connectivity index (χ3v) is 3.74. The maximum absolute atomic E-state index is 12.9. The SMILES string of the molecule is CC(C)C1CCCN1c1ccc(N)c(C(F)(F)F)c1. The van der Waals surface area contributed by atoms with E-state index in [0.717, 1.165) is 19.4 Å². The van der Waals surface area contributed by atoms with Gasteiger partial charge in [0.15, 0.2) is 0 Å². The molecule has 1 fully saturated rings. The topological polar surface area (TPSA) is 29.3 Å². The maximum atomic E-state index is 12.9. The molecule has 0 spiro atoms. The average molecular weight is 272 g/mol. The molecule has 1 atom stereocenters. The van der Waals surface area contributed by atoms with Crippen molar-refractivity contribution in [2.45, 2.75) is 38.9 Å². The van der Waals surface area contributed by atoms with Crippen molar-refractivity contribution in [1.82, 2.24) is 0 Å². The Hall–Kier alpha value is -1.39. The Labute approximate surface area is 111 Å². The molecule has 19 heavy (non-hydrogen) atoms. The highest BCUT2D eigenvalue weighted by atomic mass is 19.4. The van der Waals surface area contributed by atoms with Gasteiger partial charge in [0.2, 0.25) is 0 Å². The van der Waals surface area contributed by atoms with Gasteiger partial charge in [-0.15, -0.1) is 0 Å². The van der Waals surface area contributed by atoms with E-state index in [1.807, 2.05) is 0 Å². The molecule has 1 unspecified atom stereocenters. The first-order valence-electron chi connectivity index (χ1n) is 6.54. The number of nitrogen functional groups attached to an aromatic ring is 1. The molecule has 1 aliphatic heterocycles. The lowest BCUT2D eigenvalue weighted by molar-refractivity contribution is -0.136. The first-order chi connectivity index (χ1) is 8.80. The minimum atomic E-state index is -4.40. The molecule has 0 aromatic heterocycles. The van der Waals surface area contributed by atoms with Crippen molar-refractivity contribution in [3.63, 3.8) is 0 Å². The summed E-state index contributed by atoms with van der Waals surface area (Å²) in [6.07, 6.45) is -2.34. The van der Waals surface area contributed by atoms with Crippen LogP contribution in [-0.4, -0.2) is 12.6 Å². The van der Waals surface area contributed by atoms with Gasteiger partial charge in [-0.2, -0.15) is 13.2 Å². The molecule has 0 saturated carbocycles. The van der Waals surface area contributed by atoms with Gasteiger partial charge in [-0.3, -0.25) is 0 Å². The second-order valence-electron chi connectivity index (χ2n) is 5.42. The summed E-state index contributed by atoms with van der Waals surface area (Å²) in [5.74, 6) is 0.425. The van der Waals surface area contributed by atoms with E-state index in [1.54, 1.807) is 6.07 Å². The molecule has 5 heteroatoms. The Morgan fingerprint density at radius 3 is 2.58 bits per heavy atom. The van der Waals surface area contributed by atoms with Crippen LogP contribution in [0.25, 0.3) is 0 Å². The number of anilines is 2. The lowest BCUT2D eigenvalue weighted by Gasteiger charge is -2.30. The summed E-state index contributed by atoms with van der Waals surface area (Å²) in [6.45, 7) is 5.01. The van der Waals surface area contributed by atoms with Crippen molar-refractivity contribution >= 4 is 11.4 Å². The number of rotatable bonds is 2. The summed E-state index contributed by atoms with van der Waals surface area (Å²) in [7, 11) is 0. The molecule has 2 nitrogen and oxygen atoms in total. The van der Waals surface area contributed by atoms with Gasteiger partial charge in [-0.25, -0.2) is 0 Å². The lowest BCUT2D eigenvalue weighted by atomic mass is 10.0. The number of hydrogen-bond acceptors (Lipinski definition) is 2. The Morgan fingerprint density at radius 1 is 1.32 bits per heavy atom. The quantitative estimate of drug-likeness (QED) is 0.827. The molecule has 1 aliphatic rings. The zero-order valence-corrected chi connectivity index (χ0v) is 11.2. The largest absolute Gasteiger partial charge is 0.418 e. The Morgan fingerprint density at radius 2 is 2.00 bits per heavy atom. The summed E-state index contributed by atoms with van der Waals surface area (Å²) in [6, 6.07) is 4.53. The Bertz CT molecular complexity index is 454. The monoisotopic (exact) mass is 272 g/mol. The third-order valence-electron chi connectivity index (χ3n) is 3.74. The third kappa shape index (κ3) is 2.80. The molecule has 0 bridgehead atoms. The lowest BCUT2D eigenvalue weighted by Crippen LogP contribution is -2.33. The number of benzene rings is 1. The molecule has 0 aliphatic carbocycles. The van der Waals surface area contributed by atoms with Crippen LogP contribution in [0.1, 0.15) is 32.3 Å². The highest BCUT2D eigenvalue weighted by molar-refractivity contribution is 5.60. The van der Waals surface area contributed by atoms with Crippen molar-refractivity contribution in [2.24, 2.45) is 5.92 Å². The molecule has 106 valence electrons. The number of halogens is 3. The van der Waals surface area contributed by atoms with E-state index >= 15 is 0 Å². The fourth-order valence-electron chi connectivity index (χ4n) is 2.77. The van der Waals surface area contributed by atoms with Crippen molar-refractivity contribution in [1.29, 1.82) is 0 Å². The molecule has 0 amide bonds. The highest BCUT2D eigenvalue weighted by Crippen LogP contribution is 2.38. The summed E-state index contributed by atoms with van der Waals surface area (Å²) >= 11 is 0. The molecule has 1 aromatic rings. The van der Waals surface area contributed by atoms with Crippen LogP contribution in [0.3, 0.4) is 0 Å². The van der Waals surface area contributed by atoms with E-state index in [9.17, 15) is 13.2 Å². The van der Waals surface area contributed by atoms with Gasteiger partial charge in [0.05, 0.1) is 5.56 Å². The van der Waals surface area contributed by atoms with Crippen LogP contribution in [0.2, 0.25) is 0 Å². The van der Waals surface area contributed by atoms with Crippen LogP contribution >= 0.6 is 0 Å². The first-order valence-corrected chi connectivity index (χ1v) is 6.54. The summed E-state index contributed by atoms with van der Waals surface area (Å²) in [4.78, 5) is 2.07. The van der Waals surface area contributed by atoms with Gasteiger partial charge >= 0.3 is 6.18 Å². The summed E-state index contributed by atoms with van der Waals surface area (Å²) in [5, 5.41) is 0. The number of alkyl halides is 3. The average Bonchev–Trinajstić information content (AvgIpc) is 2.77. The van der Waals surface area contributed by atoms with Crippen LogP contribution in [-0.2, 0) is 6.18 Å². The van der Waals surface area contributed by atoms with Crippen molar-refractivity contribution in [3.05, 3.63) is 23.8 Å². The maximum Gasteiger partial charge on any atom is 0.418 e. The van der Waals surface area contributed by atoms with E-state index in [0.29, 0.717) is 17.6 Å². The van der Waals surface area contributed by atoms with E-state index in [-0.39, 0.29) is 5.69 Å². The number of nitrogens with zero attached hydrogens (tertiary/aromatic N) is 1. The molecular formula is C14H19F3N2. The molecular weight excluding hydrogens is 253 g/mol. The van der Waals surface area contributed by atoms with E-state index in [1.165, 1.54) is 12.1 Å². The molecule has 1 heterocycles. The van der Waals surface area contributed by atoms with Crippen LogP contribution in [0.15, 0.2) is 18.2 Å². The standard InChI is InChI=1S/C14H19F3N2/c1-9(2)13-4-3-7-19(13)10-5-6-12(18)11(8-10)14(15,16)17/h5-6,8-9,13H,3-4,7,18H2,1-2H3. The molecule has 0 radical (unpaired) electrons. The number of hydrogen-bond donors (Lipinski definition) is 1. The first kappa shape index (κ1) is 14.0.